The largest absolute Gasteiger partial charge is 0.399 e. The van der Waals surface area contributed by atoms with Crippen molar-refractivity contribution in [2.75, 3.05) is 5.73 Å². The molecule has 1 aromatic carbocycles. The molecule has 112 valence electrons. The molecule has 1 aliphatic rings. The van der Waals surface area contributed by atoms with Crippen LogP contribution in [0.25, 0.3) is 10.9 Å². The van der Waals surface area contributed by atoms with Gasteiger partial charge in [0.1, 0.15) is 0 Å². The number of H-pyrrole nitrogens is 1. The third-order valence-electron chi connectivity index (χ3n) is 4.25. The number of fused-ring (bicyclic) bond motifs is 1. The van der Waals surface area contributed by atoms with E-state index in [1.165, 1.54) is 0 Å². The third kappa shape index (κ3) is 2.88. The Hall–Kier alpha value is -2.01. The van der Waals surface area contributed by atoms with Gasteiger partial charge in [0.15, 0.2) is 0 Å². The minimum atomic E-state index is -0.447. The van der Waals surface area contributed by atoms with E-state index in [2.05, 4.69) is 10.3 Å². The molecule has 1 aliphatic carbocycles. The Morgan fingerprint density at radius 3 is 2.95 bits per heavy atom. The van der Waals surface area contributed by atoms with Gasteiger partial charge in [0.05, 0.1) is 17.7 Å². The van der Waals surface area contributed by atoms with E-state index in [-0.39, 0.29) is 11.9 Å². The summed E-state index contributed by atoms with van der Waals surface area (Å²) in [4.78, 5) is 15.5. The molecule has 1 heterocycles. The van der Waals surface area contributed by atoms with Gasteiger partial charge in [-0.2, -0.15) is 0 Å². The van der Waals surface area contributed by atoms with Crippen molar-refractivity contribution in [3.05, 3.63) is 30.0 Å². The number of carbonyl (C=O) groups excluding carboxylic acids is 1. The monoisotopic (exact) mass is 287 g/mol. The van der Waals surface area contributed by atoms with Gasteiger partial charge in [0, 0.05) is 22.8 Å². The van der Waals surface area contributed by atoms with Crippen molar-refractivity contribution in [1.82, 2.24) is 10.3 Å². The normalized spacial score (nSPS) is 22.9. The van der Waals surface area contributed by atoms with Crippen LogP contribution in [0.1, 0.15) is 42.5 Å². The van der Waals surface area contributed by atoms with E-state index in [0.717, 1.165) is 43.0 Å². The van der Waals surface area contributed by atoms with Crippen LogP contribution in [0.5, 0.6) is 0 Å². The van der Waals surface area contributed by atoms with Gasteiger partial charge in [-0.1, -0.05) is 19.3 Å². The first kappa shape index (κ1) is 13.9. The van der Waals surface area contributed by atoms with E-state index in [1.54, 1.807) is 12.3 Å². The maximum Gasteiger partial charge on any atom is 0.253 e. The molecule has 1 fully saturated rings. The van der Waals surface area contributed by atoms with Crippen LogP contribution in [0.2, 0.25) is 0 Å². The van der Waals surface area contributed by atoms with Gasteiger partial charge in [-0.3, -0.25) is 4.79 Å². The first-order chi connectivity index (χ1) is 10.1. The molecule has 3 rings (SSSR count). The number of hydrogen-bond donors (Lipinski definition) is 4. The van der Waals surface area contributed by atoms with Crippen molar-refractivity contribution in [2.45, 2.75) is 44.2 Å². The summed E-state index contributed by atoms with van der Waals surface area (Å²) < 4.78 is 0. The lowest BCUT2D eigenvalue weighted by molar-refractivity contribution is 0.0820. The zero-order chi connectivity index (χ0) is 14.8. The zero-order valence-electron chi connectivity index (χ0n) is 11.9. The zero-order valence-corrected chi connectivity index (χ0v) is 11.9. The highest BCUT2D eigenvalue weighted by atomic mass is 16.3. The van der Waals surface area contributed by atoms with Crippen LogP contribution in [0.3, 0.4) is 0 Å². The summed E-state index contributed by atoms with van der Waals surface area (Å²) >= 11 is 0. The number of nitrogens with two attached hydrogens (primary N) is 1. The highest BCUT2D eigenvalue weighted by Crippen LogP contribution is 2.22. The maximum atomic E-state index is 12.5. The second-order valence-corrected chi connectivity index (χ2v) is 5.79. The number of aliphatic hydroxyl groups excluding tert-OH is 1. The number of nitrogen functional groups attached to an aromatic ring is 1. The molecular formula is C16H21N3O2. The second-order valence-electron chi connectivity index (χ2n) is 5.79. The second kappa shape index (κ2) is 5.77. The Morgan fingerprint density at radius 2 is 2.10 bits per heavy atom. The fourth-order valence-corrected chi connectivity index (χ4v) is 3.03. The Bertz CT molecular complexity index is 650. The van der Waals surface area contributed by atoms with E-state index >= 15 is 0 Å². The number of rotatable bonds is 2. The quantitative estimate of drug-likeness (QED) is 0.504. The molecule has 2 unspecified atom stereocenters. The number of nitrogens with one attached hydrogen (secondary N) is 2. The van der Waals surface area contributed by atoms with Crippen LogP contribution < -0.4 is 11.1 Å². The van der Waals surface area contributed by atoms with Crippen molar-refractivity contribution in [3.8, 4) is 0 Å². The molecular weight excluding hydrogens is 266 g/mol. The summed E-state index contributed by atoms with van der Waals surface area (Å²) in [6, 6.07) is 5.29. The molecule has 1 saturated carbocycles. The number of anilines is 1. The molecule has 0 aliphatic heterocycles. The lowest BCUT2D eigenvalue weighted by atomic mass is 10.1. The Labute approximate surface area is 123 Å². The number of benzene rings is 1. The predicted molar refractivity (Wildman–Crippen MR) is 83.1 cm³/mol. The highest BCUT2D eigenvalue weighted by molar-refractivity contribution is 6.07. The summed E-state index contributed by atoms with van der Waals surface area (Å²) in [6.45, 7) is 0. The van der Waals surface area contributed by atoms with Crippen LogP contribution in [0.4, 0.5) is 5.69 Å². The van der Waals surface area contributed by atoms with Gasteiger partial charge < -0.3 is 21.1 Å². The number of aliphatic hydroxyl groups is 1. The van der Waals surface area contributed by atoms with E-state index in [1.807, 2.05) is 12.1 Å². The first-order valence-corrected chi connectivity index (χ1v) is 7.50. The van der Waals surface area contributed by atoms with Crippen LogP contribution >= 0.6 is 0 Å². The highest BCUT2D eigenvalue weighted by Gasteiger charge is 2.24. The molecule has 5 heteroatoms. The molecule has 0 saturated heterocycles. The number of aromatic nitrogens is 1. The number of carbonyl (C=O) groups is 1. The average molecular weight is 287 g/mol. The molecule has 5 N–H and O–H groups in total. The molecule has 2 aromatic rings. The van der Waals surface area contributed by atoms with E-state index in [4.69, 9.17) is 5.73 Å². The van der Waals surface area contributed by atoms with Crippen molar-refractivity contribution < 1.29 is 9.90 Å². The van der Waals surface area contributed by atoms with Crippen molar-refractivity contribution in [1.29, 1.82) is 0 Å². The van der Waals surface area contributed by atoms with E-state index in [0.29, 0.717) is 11.3 Å². The molecule has 0 radical (unpaired) electrons. The van der Waals surface area contributed by atoms with Gasteiger partial charge in [-0.25, -0.2) is 0 Å². The van der Waals surface area contributed by atoms with Gasteiger partial charge >= 0.3 is 0 Å². The van der Waals surface area contributed by atoms with Crippen molar-refractivity contribution >= 4 is 22.5 Å². The molecule has 0 spiro atoms. The van der Waals surface area contributed by atoms with E-state index in [9.17, 15) is 9.90 Å². The lowest BCUT2D eigenvalue weighted by Gasteiger charge is -2.21. The minimum absolute atomic E-state index is 0.142. The summed E-state index contributed by atoms with van der Waals surface area (Å²) in [5.74, 6) is -0.142. The average Bonchev–Trinajstić information content (AvgIpc) is 2.77. The lowest BCUT2D eigenvalue weighted by Crippen LogP contribution is -2.42. The predicted octanol–water partition coefficient (Wildman–Crippen LogP) is 2.17. The molecule has 0 bridgehead atoms. The van der Waals surface area contributed by atoms with Crippen LogP contribution in [-0.2, 0) is 0 Å². The van der Waals surface area contributed by atoms with Gasteiger partial charge in [0.2, 0.25) is 0 Å². The van der Waals surface area contributed by atoms with Gasteiger partial charge in [-0.15, -0.1) is 0 Å². The maximum absolute atomic E-state index is 12.5. The van der Waals surface area contributed by atoms with Gasteiger partial charge in [0.25, 0.3) is 5.91 Å². The number of hydrogen-bond acceptors (Lipinski definition) is 3. The van der Waals surface area contributed by atoms with Crippen LogP contribution in [-0.4, -0.2) is 28.1 Å². The molecule has 21 heavy (non-hydrogen) atoms. The topological polar surface area (TPSA) is 91.1 Å². The van der Waals surface area contributed by atoms with Crippen molar-refractivity contribution in [3.63, 3.8) is 0 Å². The smallest absolute Gasteiger partial charge is 0.253 e. The molecule has 1 aromatic heterocycles. The summed E-state index contributed by atoms with van der Waals surface area (Å²) in [5, 5.41) is 13.9. The Balaban J connectivity index is 1.80. The third-order valence-corrected chi connectivity index (χ3v) is 4.25. The minimum Gasteiger partial charge on any atom is -0.399 e. The molecule has 5 nitrogen and oxygen atoms in total. The summed E-state index contributed by atoms with van der Waals surface area (Å²) in [5.41, 5.74) is 7.85. The number of aromatic amines is 1. The molecule has 2 atom stereocenters. The Kier molecular flexibility index (Phi) is 3.84. The fourth-order valence-electron chi connectivity index (χ4n) is 3.03. The van der Waals surface area contributed by atoms with Crippen LogP contribution in [0.15, 0.2) is 24.4 Å². The van der Waals surface area contributed by atoms with E-state index < -0.39 is 6.10 Å². The van der Waals surface area contributed by atoms with Crippen LogP contribution in [0, 0.1) is 0 Å². The number of amides is 1. The summed E-state index contributed by atoms with van der Waals surface area (Å²) in [6.07, 6.45) is 6.04. The van der Waals surface area contributed by atoms with Crippen molar-refractivity contribution in [2.24, 2.45) is 0 Å². The first-order valence-electron chi connectivity index (χ1n) is 7.50. The summed E-state index contributed by atoms with van der Waals surface area (Å²) in [7, 11) is 0. The fraction of sp³-hybridized carbons (Fsp3) is 0.438. The molecule has 1 amide bonds. The Morgan fingerprint density at radius 1 is 1.29 bits per heavy atom. The SMILES string of the molecule is Nc1ccc2c(C(=O)NC3CCCCCC3O)c[nH]c2c1. The standard InChI is InChI=1S/C16H21N3O2/c17-10-6-7-11-12(9-18-14(11)8-10)16(21)19-13-4-2-1-3-5-15(13)20/h6-9,13,15,18,20H,1-5,17H2,(H,19,21). The van der Waals surface area contributed by atoms with Gasteiger partial charge in [-0.05, 0) is 31.0 Å².